The van der Waals surface area contributed by atoms with Gasteiger partial charge in [0.1, 0.15) is 0 Å². The zero-order valence-electron chi connectivity index (χ0n) is 13.5. The van der Waals surface area contributed by atoms with E-state index in [9.17, 15) is 9.90 Å². The van der Waals surface area contributed by atoms with E-state index in [1.807, 2.05) is 31.2 Å². The van der Waals surface area contributed by atoms with E-state index < -0.39 is 0 Å². The lowest BCUT2D eigenvalue weighted by Crippen LogP contribution is -2.19. The first kappa shape index (κ1) is 17.4. The third kappa shape index (κ3) is 3.97. The van der Waals surface area contributed by atoms with Crippen LogP contribution < -0.4 is 10.1 Å². The summed E-state index contributed by atoms with van der Waals surface area (Å²) in [7, 11) is 1.44. The van der Waals surface area contributed by atoms with Gasteiger partial charge in [-0.1, -0.05) is 23.7 Å². The molecule has 1 fully saturated rings. The molecule has 0 aliphatic carbocycles. The highest BCUT2D eigenvalue weighted by molar-refractivity contribution is 8.18. The Morgan fingerprint density at radius 1 is 1.32 bits per heavy atom. The minimum Gasteiger partial charge on any atom is -0.503 e. The zero-order valence-corrected chi connectivity index (χ0v) is 15.1. The summed E-state index contributed by atoms with van der Waals surface area (Å²) >= 11 is 7.22. The van der Waals surface area contributed by atoms with Crippen LogP contribution in [0.5, 0.6) is 11.5 Å². The molecule has 1 amide bonds. The molecule has 128 valence electrons. The number of amidine groups is 1. The number of phenolic OH excluding ortho intramolecular Hbond substituents is 1. The molecule has 2 N–H and O–H groups in total. The van der Waals surface area contributed by atoms with Gasteiger partial charge in [-0.3, -0.25) is 4.79 Å². The van der Waals surface area contributed by atoms with Crippen LogP contribution in [0.25, 0.3) is 6.08 Å². The Kier molecular flexibility index (Phi) is 5.01. The summed E-state index contributed by atoms with van der Waals surface area (Å²) in [5, 5.41) is 13.2. The van der Waals surface area contributed by atoms with Gasteiger partial charge in [-0.15, -0.1) is 0 Å². The molecule has 0 atom stereocenters. The summed E-state index contributed by atoms with van der Waals surface area (Å²) in [6, 6.07) is 10.9. The number of aliphatic imine (C=N–C) groups is 1. The van der Waals surface area contributed by atoms with Crippen LogP contribution in [0.1, 0.15) is 11.1 Å². The predicted molar refractivity (Wildman–Crippen MR) is 102 cm³/mol. The lowest BCUT2D eigenvalue weighted by molar-refractivity contribution is -0.115. The summed E-state index contributed by atoms with van der Waals surface area (Å²) < 4.78 is 5.07. The van der Waals surface area contributed by atoms with Crippen molar-refractivity contribution in [2.45, 2.75) is 6.92 Å². The van der Waals surface area contributed by atoms with E-state index in [1.165, 1.54) is 18.9 Å². The van der Waals surface area contributed by atoms with Crippen molar-refractivity contribution in [1.82, 2.24) is 5.32 Å². The zero-order chi connectivity index (χ0) is 18.0. The largest absolute Gasteiger partial charge is 0.503 e. The highest BCUT2D eigenvalue weighted by atomic mass is 35.5. The van der Waals surface area contributed by atoms with Crippen molar-refractivity contribution in [1.29, 1.82) is 0 Å². The number of nitrogens with one attached hydrogen (secondary N) is 1. The number of benzene rings is 2. The number of phenols is 1. The van der Waals surface area contributed by atoms with Crippen molar-refractivity contribution < 1.29 is 14.6 Å². The summed E-state index contributed by atoms with van der Waals surface area (Å²) in [6.45, 7) is 1.98. The molecule has 3 rings (SSSR count). The fourth-order valence-electron chi connectivity index (χ4n) is 2.28. The second-order valence-corrected chi connectivity index (χ2v) is 6.81. The predicted octanol–water partition coefficient (Wildman–Crippen LogP) is 4.25. The smallest absolute Gasteiger partial charge is 0.264 e. The molecule has 1 saturated heterocycles. The highest BCUT2D eigenvalue weighted by Gasteiger charge is 2.24. The van der Waals surface area contributed by atoms with Gasteiger partial charge >= 0.3 is 0 Å². The molecule has 0 radical (unpaired) electrons. The number of ether oxygens (including phenoxy) is 1. The van der Waals surface area contributed by atoms with Crippen LogP contribution in [-0.2, 0) is 4.79 Å². The molecule has 7 heteroatoms. The number of rotatable bonds is 3. The van der Waals surface area contributed by atoms with Crippen LogP contribution in [0.2, 0.25) is 5.02 Å². The number of carbonyl (C=O) groups excluding carboxylic acids is 1. The van der Waals surface area contributed by atoms with E-state index in [0.717, 1.165) is 11.3 Å². The van der Waals surface area contributed by atoms with Crippen molar-refractivity contribution in [2.75, 3.05) is 7.11 Å². The molecule has 0 spiro atoms. The summed E-state index contributed by atoms with van der Waals surface area (Å²) in [6.07, 6.45) is 1.67. The number of hydrogen-bond acceptors (Lipinski definition) is 5. The molecule has 5 nitrogen and oxygen atoms in total. The number of nitrogens with zero attached hydrogens (tertiary/aromatic N) is 1. The Balaban J connectivity index is 1.88. The van der Waals surface area contributed by atoms with Gasteiger partial charge in [0.2, 0.25) is 0 Å². The van der Waals surface area contributed by atoms with Crippen LogP contribution in [0.3, 0.4) is 0 Å². The first-order chi connectivity index (χ1) is 12.0. The van der Waals surface area contributed by atoms with E-state index in [-0.39, 0.29) is 22.4 Å². The Morgan fingerprint density at radius 3 is 2.84 bits per heavy atom. The maximum absolute atomic E-state index is 12.2. The lowest BCUT2D eigenvalue weighted by Gasteiger charge is -2.06. The molecule has 25 heavy (non-hydrogen) atoms. The van der Waals surface area contributed by atoms with E-state index in [1.54, 1.807) is 18.2 Å². The third-order valence-electron chi connectivity index (χ3n) is 3.45. The van der Waals surface area contributed by atoms with Crippen molar-refractivity contribution in [2.24, 2.45) is 4.99 Å². The number of aryl methyl sites for hydroxylation is 1. The topological polar surface area (TPSA) is 70.9 Å². The fourth-order valence-corrected chi connectivity index (χ4v) is 3.34. The van der Waals surface area contributed by atoms with Gasteiger partial charge in [0.05, 0.1) is 22.7 Å². The summed E-state index contributed by atoms with van der Waals surface area (Å²) in [5.41, 5.74) is 2.52. The number of amides is 1. The van der Waals surface area contributed by atoms with Gasteiger partial charge in [0.15, 0.2) is 16.7 Å². The van der Waals surface area contributed by atoms with Gasteiger partial charge in [0, 0.05) is 0 Å². The number of methoxy groups -OCH3 is 1. The maximum Gasteiger partial charge on any atom is 0.264 e. The molecule has 1 heterocycles. The number of aromatic hydroxyl groups is 1. The first-order valence-corrected chi connectivity index (χ1v) is 8.58. The molecule has 0 unspecified atom stereocenters. The van der Waals surface area contributed by atoms with Crippen molar-refractivity contribution in [3.05, 3.63) is 57.5 Å². The third-order valence-corrected chi connectivity index (χ3v) is 4.65. The van der Waals surface area contributed by atoms with Crippen LogP contribution in [0, 0.1) is 6.92 Å². The number of thioether (sulfide) groups is 1. The van der Waals surface area contributed by atoms with E-state index in [4.69, 9.17) is 16.3 Å². The SMILES string of the molecule is COc1cc(/C=C2\SC(=Nc3cccc(C)c3)NC2=O)cc(Cl)c1O. The number of halogens is 1. The molecule has 1 aliphatic heterocycles. The molecule has 2 aromatic rings. The summed E-state index contributed by atoms with van der Waals surface area (Å²) in [4.78, 5) is 17.1. The minimum absolute atomic E-state index is 0.128. The second-order valence-electron chi connectivity index (χ2n) is 5.37. The standard InChI is InChI=1S/C18H15ClN2O3S/c1-10-4-3-5-12(6-10)20-18-21-17(23)15(25-18)9-11-7-13(19)16(22)14(8-11)24-2/h3-9,22H,1-2H3,(H,20,21,23)/b15-9-. The second kappa shape index (κ2) is 7.21. The van der Waals surface area contributed by atoms with Crippen LogP contribution in [-0.4, -0.2) is 23.3 Å². The first-order valence-electron chi connectivity index (χ1n) is 7.39. The van der Waals surface area contributed by atoms with Gasteiger partial charge in [-0.2, -0.15) is 0 Å². The van der Waals surface area contributed by atoms with Gasteiger partial charge in [-0.05, 0) is 60.2 Å². The lowest BCUT2D eigenvalue weighted by atomic mass is 10.2. The Labute approximate surface area is 154 Å². The maximum atomic E-state index is 12.2. The quantitative estimate of drug-likeness (QED) is 0.788. The van der Waals surface area contributed by atoms with Crippen molar-refractivity contribution >= 4 is 46.2 Å². The molecular formula is C18H15ClN2O3S. The van der Waals surface area contributed by atoms with Gasteiger partial charge in [-0.25, -0.2) is 4.99 Å². The molecule has 0 saturated carbocycles. The normalized spacial score (nSPS) is 17.2. The van der Waals surface area contributed by atoms with Crippen LogP contribution in [0.4, 0.5) is 5.69 Å². The molecular weight excluding hydrogens is 360 g/mol. The van der Waals surface area contributed by atoms with Crippen LogP contribution >= 0.6 is 23.4 Å². The molecule has 2 aromatic carbocycles. The van der Waals surface area contributed by atoms with E-state index in [2.05, 4.69) is 10.3 Å². The molecule has 0 bridgehead atoms. The average molecular weight is 375 g/mol. The van der Waals surface area contributed by atoms with Crippen molar-refractivity contribution in [3.63, 3.8) is 0 Å². The Hall–Kier alpha value is -2.44. The van der Waals surface area contributed by atoms with Gasteiger partial charge in [0.25, 0.3) is 5.91 Å². The number of carbonyl (C=O) groups is 1. The Bertz CT molecular complexity index is 909. The van der Waals surface area contributed by atoms with E-state index in [0.29, 0.717) is 15.6 Å². The summed E-state index contributed by atoms with van der Waals surface area (Å²) in [5.74, 6) is -0.118. The van der Waals surface area contributed by atoms with Gasteiger partial charge < -0.3 is 15.2 Å². The monoisotopic (exact) mass is 374 g/mol. The average Bonchev–Trinajstić information content (AvgIpc) is 2.90. The molecule has 0 aromatic heterocycles. The van der Waals surface area contributed by atoms with Crippen molar-refractivity contribution in [3.8, 4) is 11.5 Å². The fraction of sp³-hybridized carbons (Fsp3) is 0.111. The highest BCUT2D eigenvalue weighted by Crippen LogP contribution is 2.36. The van der Waals surface area contributed by atoms with E-state index >= 15 is 0 Å². The van der Waals surface area contributed by atoms with Crippen LogP contribution in [0.15, 0.2) is 46.3 Å². The number of hydrogen-bond donors (Lipinski definition) is 2. The molecule has 1 aliphatic rings. The Morgan fingerprint density at radius 2 is 2.12 bits per heavy atom. The minimum atomic E-state index is -0.237.